The molecule has 0 aromatic rings. The molecule has 2 nitrogen and oxygen atoms in total. The Bertz CT molecular complexity index is 287. The first-order chi connectivity index (χ1) is 8.53. The van der Waals surface area contributed by atoms with E-state index < -0.39 is 0 Å². The molecule has 2 N–H and O–H groups in total. The van der Waals surface area contributed by atoms with Gasteiger partial charge in [-0.3, -0.25) is 0 Å². The van der Waals surface area contributed by atoms with E-state index in [2.05, 4.69) is 18.7 Å². The Kier molecular flexibility index (Phi) is 3.44. The van der Waals surface area contributed by atoms with Crippen molar-refractivity contribution in [3.05, 3.63) is 0 Å². The highest BCUT2D eigenvalue weighted by molar-refractivity contribution is 4.93. The maximum atomic E-state index is 6.37. The summed E-state index contributed by atoms with van der Waals surface area (Å²) in [6.07, 6.45) is 8.35. The molecule has 1 heterocycles. The summed E-state index contributed by atoms with van der Waals surface area (Å²) in [4.78, 5) is 2.74. The van der Waals surface area contributed by atoms with Crippen LogP contribution in [-0.4, -0.2) is 30.6 Å². The van der Waals surface area contributed by atoms with E-state index in [9.17, 15) is 0 Å². The van der Waals surface area contributed by atoms with Crippen LogP contribution in [-0.2, 0) is 0 Å². The van der Waals surface area contributed by atoms with Gasteiger partial charge < -0.3 is 10.6 Å². The van der Waals surface area contributed by atoms with Gasteiger partial charge in [0.25, 0.3) is 0 Å². The minimum atomic E-state index is 0.457. The molecule has 0 aromatic carbocycles. The van der Waals surface area contributed by atoms with Gasteiger partial charge in [0.1, 0.15) is 0 Å². The summed E-state index contributed by atoms with van der Waals surface area (Å²) in [5.74, 6) is 2.79. The highest BCUT2D eigenvalue weighted by Gasteiger charge is 2.39. The zero-order valence-corrected chi connectivity index (χ0v) is 12.2. The van der Waals surface area contributed by atoms with Crippen molar-refractivity contribution in [2.24, 2.45) is 28.9 Å². The number of rotatable bonds is 2. The first-order valence-electron chi connectivity index (χ1n) is 8.01. The van der Waals surface area contributed by atoms with Crippen LogP contribution in [0.4, 0.5) is 0 Å². The monoisotopic (exact) mass is 250 g/mol. The van der Waals surface area contributed by atoms with Gasteiger partial charge in [-0.15, -0.1) is 0 Å². The molecule has 1 saturated heterocycles. The van der Waals surface area contributed by atoms with E-state index in [0.29, 0.717) is 11.5 Å². The lowest BCUT2D eigenvalue weighted by Gasteiger charge is -2.41. The molecule has 3 rings (SSSR count). The lowest BCUT2D eigenvalue weighted by atomic mass is 9.70. The van der Waals surface area contributed by atoms with E-state index in [-0.39, 0.29) is 0 Å². The van der Waals surface area contributed by atoms with Gasteiger partial charge in [-0.25, -0.2) is 0 Å². The first kappa shape index (κ1) is 12.9. The quantitative estimate of drug-likeness (QED) is 0.816. The summed E-state index contributed by atoms with van der Waals surface area (Å²) in [6, 6.07) is 0.457. The second-order valence-corrected chi connectivity index (χ2v) is 8.00. The van der Waals surface area contributed by atoms with Gasteiger partial charge in [-0.05, 0) is 55.3 Å². The van der Waals surface area contributed by atoms with Crippen molar-refractivity contribution in [2.45, 2.75) is 58.4 Å². The van der Waals surface area contributed by atoms with E-state index in [4.69, 9.17) is 5.73 Å². The molecule has 0 radical (unpaired) electrons. The molecule has 0 aromatic heterocycles. The second kappa shape index (κ2) is 4.79. The maximum Gasteiger partial charge on any atom is 0.00797 e. The van der Waals surface area contributed by atoms with E-state index in [1.165, 1.54) is 58.2 Å². The molecule has 2 aliphatic carbocycles. The molecule has 104 valence electrons. The molecule has 0 bridgehead atoms. The van der Waals surface area contributed by atoms with Crippen LogP contribution in [0.3, 0.4) is 0 Å². The predicted octanol–water partition coefficient (Wildman–Crippen LogP) is 2.87. The summed E-state index contributed by atoms with van der Waals surface area (Å²) < 4.78 is 0. The molecule has 18 heavy (non-hydrogen) atoms. The SMILES string of the molecule is CC1(C)CCC(N)C(CN2CC3CCCC3C2)C1. The van der Waals surface area contributed by atoms with Gasteiger partial charge in [0.15, 0.2) is 0 Å². The van der Waals surface area contributed by atoms with Crippen LogP contribution in [0.2, 0.25) is 0 Å². The molecule has 2 heteroatoms. The minimum absolute atomic E-state index is 0.457. The van der Waals surface area contributed by atoms with Crippen LogP contribution in [0, 0.1) is 23.2 Å². The number of nitrogens with zero attached hydrogens (tertiary/aromatic N) is 1. The van der Waals surface area contributed by atoms with Gasteiger partial charge in [0.2, 0.25) is 0 Å². The average Bonchev–Trinajstić information content (AvgIpc) is 2.83. The van der Waals surface area contributed by atoms with Crippen molar-refractivity contribution in [3.8, 4) is 0 Å². The summed E-state index contributed by atoms with van der Waals surface area (Å²) in [5, 5.41) is 0. The van der Waals surface area contributed by atoms with Crippen molar-refractivity contribution in [1.29, 1.82) is 0 Å². The topological polar surface area (TPSA) is 29.3 Å². The highest BCUT2D eigenvalue weighted by atomic mass is 15.2. The molecular weight excluding hydrogens is 220 g/mol. The van der Waals surface area contributed by atoms with E-state index in [0.717, 1.165) is 17.8 Å². The normalized spacial score (nSPS) is 44.2. The number of nitrogens with two attached hydrogens (primary N) is 1. The fourth-order valence-electron chi connectivity index (χ4n) is 4.77. The third kappa shape index (κ3) is 2.60. The van der Waals surface area contributed by atoms with Crippen LogP contribution in [0.5, 0.6) is 0 Å². The molecule has 0 spiro atoms. The smallest absolute Gasteiger partial charge is 0.00797 e. The zero-order chi connectivity index (χ0) is 12.8. The molecule has 2 saturated carbocycles. The first-order valence-corrected chi connectivity index (χ1v) is 8.01. The molecule has 4 atom stereocenters. The Morgan fingerprint density at radius 1 is 1.11 bits per heavy atom. The van der Waals surface area contributed by atoms with Gasteiger partial charge in [0.05, 0.1) is 0 Å². The molecular formula is C16H30N2. The van der Waals surface area contributed by atoms with Crippen LogP contribution in [0.15, 0.2) is 0 Å². The minimum Gasteiger partial charge on any atom is -0.327 e. The Hall–Kier alpha value is -0.0800. The van der Waals surface area contributed by atoms with Crippen molar-refractivity contribution < 1.29 is 0 Å². The summed E-state index contributed by atoms with van der Waals surface area (Å²) in [7, 11) is 0. The van der Waals surface area contributed by atoms with Crippen molar-refractivity contribution in [1.82, 2.24) is 4.90 Å². The van der Waals surface area contributed by atoms with Crippen LogP contribution >= 0.6 is 0 Å². The maximum absolute atomic E-state index is 6.37. The second-order valence-electron chi connectivity index (χ2n) is 8.00. The number of hydrogen-bond donors (Lipinski definition) is 1. The van der Waals surface area contributed by atoms with E-state index in [1.54, 1.807) is 0 Å². The summed E-state index contributed by atoms with van der Waals surface area (Å²) in [6.45, 7) is 8.86. The molecule has 4 unspecified atom stereocenters. The van der Waals surface area contributed by atoms with Crippen molar-refractivity contribution in [2.75, 3.05) is 19.6 Å². The highest BCUT2D eigenvalue weighted by Crippen LogP contribution is 2.41. The predicted molar refractivity (Wildman–Crippen MR) is 76.4 cm³/mol. The molecule has 1 aliphatic heterocycles. The summed E-state index contributed by atoms with van der Waals surface area (Å²) >= 11 is 0. The van der Waals surface area contributed by atoms with Crippen LogP contribution in [0.1, 0.15) is 52.4 Å². The van der Waals surface area contributed by atoms with Crippen molar-refractivity contribution in [3.63, 3.8) is 0 Å². The lowest BCUT2D eigenvalue weighted by molar-refractivity contribution is 0.121. The van der Waals surface area contributed by atoms with Crippen LogP contribution in [0.25, 0.3) is 0 Å². The zero-order valence-electron chi connectivity index (χ0n) is 12.2. The molecule has 0 amide bonds. The number of hydrogen-bond acceptors (Lipinski definition) is 2. The van der Waals surface area contributed by atoms with Crippen LogP contribution < -0.4 is 5.73 Å². The molecule has 3 aliphatic rings. The Morgan fingerprint density at radius 3 is 2.44 bits per heavy atom. The molecule has 3 fully saturated rings. The Labute approximate surface area is 112 Å². The van der Waals surface area contributed by atoms with E-state index in [1.807, 2.05) is 0 Å². The lowest BCUT2D eigenvalue weighted by Crippen LogP contribution is -2.44. The Balaban J connectivity index is 1.56. The largest absolute Gasteiger partial charge is 0.327 e. The van der Waals surface area contributed by atoms with Gasteiger partial charge in [0, 0.05) is 25.7 Å². The number of likely N-dealkylation sites (tertiary alicyclic amines) is 1. The average molecular weight is 250 g/mol. The number of fused-ring (bicyclic) bond motifs is 1. The fraction of sp³-hybridized carbons (Fsp3) is 1.00. The van der Waals surface area contributed by atoms with Gasteiger partial charge in [-0.1, -0.05) is 20.3 Å². The standard InChI is InChI=1S/C16H30N2/c1-16(2)7-6-15(17)14(8-16)11-18-9-12-4-3-5-13(12)10-18/h12-15H,3-11,17H2,1-2H3. The third-order valence-electron chi connectivity index (χ3n) is 5.87. The van der Waals surface area contributed by atoms with E-state index >= 15 is 0 Å². The van der Waals surface area contributed by atoms with Gasteiger partial charge >= 0.3 is 0 Å². The van der Waals surface area contributed by atoms with Gasteiger partial charge in [-0.2, -0.15) is 0 Å². The summed E-state index contributed by atoms with van der Waals surface area (Å²) in [5.41, 5.74) is 6.89. The third-order valence-corrected chi connectivity index (χ3v) is 5.87. The Morgan fingerprint density at radius 2 is 1.78 bits per heavy atom. The van der Waals surface area contributed by atoms with Crippen molar-refractivity contribution >= 4 is 0 Å². The fourth-order valence-corrected chi connectivity index (χ4v) is 4.77.